The van der Waals surface area contributed by atoms with Crippen molar-refractivity contribution in [2.45, 2.75) is 6.92 Å². The minimum Gasteiger partial charge on any atom is -0.422 e. The third kappa shape index (κ3) is 2.08. The van der Waals surface area contributed by atoms with Gasteiger partial charge in [0.1, 0.15) is 5.75 Å². The van der Waals surface area contributed by atoms with Crippen LogP contribution < -0.4 is 4.74 Å². The van der Waals surface area contributed by atoms with Gasteiger partial charge < -0.3 is 4.74 Å². The van der Waals surface area contributed by atoms with E-state index in [1.54, 1.807) is 13.0 Å². The van der Waals surface area contributed by atoms with Crippen LogP contribution in [0.2, 0.25) is 0 Å². The molecule has 16 heavy (non-hydrogen) atoms. The van der Waals surface area contributed by atoms with Crippen LogP contribution in [0.4, 0.5) is 0 Å². The van der Waals surface area contributed by atoms with E-state index in [4.69, 9.17) is 4.74 Å². The predicted molar refractivity (Wildman–Crippen MR) is 62.2 cm³/mol. The van der Waals surface area contributed by atoms with E-state index in [1.807, 2.05) is 24.3 Å². The number of nitrogens with zero attached hydrogens (tertiary/aromatic N) is 1. The molecule has 0 saturated carbocycles. The molecular weight excluding hydrogens is 202 g/mol. The summed E-state index contributed by atoms with van der Waals surface area (Å²) < 4.78 is 5.08. The second kappa shape index (κ2) is 4.14. The highest BCUT2D eigenvalue weighted by molar-refractivity contribution is 5.89. The quantitative estimate of drug-likeness (QED) is 0.568. The van der Waals surface area contributed by atoms with Crippen LogP contribution in [-0.4, -0.2) is 11.0 Å². The molecule has 80 valence electrons. The second-order valence-corrected chi connectivity index (χ2v) is 3.53. The minimum atomic E-state index is -0.433. The average molecular weight is 213 g/mol. The van der Waals surface area contributed by atoms with Crippen LogP contribution in [0.15, 0.2) is 48.7 Å². The van der Waals surface area contributed by atoms with Gasteiger partial charge >= 0.3 is 5.97 Å². The Morgan fingerprint density at radius 1 is 1.38 bits per heavy atom. The number of carbonyl (C=O) groups is 1. The summed E-state index contributed by atoms with van der Waals surface area (Å²) in [4.78, 5) is 15.5. The van der Waals surface area contributed by atoms with E-state index in [9.17, 15) is 4.79 Å². The van der Waals surface area contributed by atoms with Crippen LogP contribution >= 0.6 is 0 Å². The highest BCUT2D eigenvalue weighted by atomic mass is 16.5. The maximum absolute atomic E-state index is 11.3. The Hall–Kier alpha value is -2.16. The average Bonchev–Trinajstić information content (AvgIpc) is 2.28. The summed E-state index contributed by atoms with van der Waals surface area (Å²) >= 11 is 0. The fourth-order valence-electron chi connectivity index (χ4n) is 1.30. The molecule has 1 aromatic carbocycles. The lowest BCUT2D eigenvalue weighted by Crippen LogP contribution is -2.08. The zero-order valence-corrected chi connectivity index (χ0v) is 8.93. The number of carbonyl (C=O) groups excluding carboxylic acids is 1. The van der Waals surface area contributed by atoms with Gasteiger partial charge in [-0.2, -0.15) is 0 Å². The van der Waals surface area contributed by atoms with Crippen molar-refractivity contribution in [2.24, 2.45) is 0 Å². The Kier molecular flexibility index (Phi) is 2.68. The van der Waals surface area contributed by atoms with E-state index in [0.29, 0.717) is 11.3 Å². The van der Waals surface area contributed by atoms with Crippen molar-refractivity contribution in [1.82, 2.24) is 4.98 Å². The molecule has 3 nitrogen and oxygen atoms in total. The van der Waals surface area contributed by atoms with E-state index in [2.05, 4.69) is 11.6 Å². The molecule has 0 N–H and O–H groups in total. The van der Waals surface area contributed by atoms with Crippen LogP contribution in [0, 0.1) is 0 Å². The van der Waals surface area contributed by atoms with Gasteiger partial charge in [-0.15, -0.1) is 0 Å². The highest BCUT2D eigenvalue weighted by Crippen LogP contribution is 2.18. The number of benzene rings is 1. The van der Waals surface area contributed by atoms with E-state index in [0.717, 1.165) is 10.9 Å². The molecule has 2 aromatic rings. The van der Waals surface area contributed by atoms with Gasteiger partial charge in [0.25, 0.3) is 0 Å². The number of para-hydroxylation sites is 1. The number of hydrogen-bond acceptors (Lipinski definition) is 3. The van der Waals surface area contributed by atoms with Gasteiger partial charge in [-0.05, 0) is 19.1 Å². The number of esters is 1. The fourth-order valence-corrected chi connectivity index (χ4v) is 1.30. The molecule has 0 aliphatic heterocycles. The zero-order valence-electron chi connectivity index (χ0n) is 8.93. The molecule has 0 saturated heterocycles. The van der Waals surface area contributed by atoms with Gasteiger partial charge in [-0.3, -0.25) is 4.98 Å². The number of aromatic nitrogens is 1. The van der Waals surface area contributed by atoms with E-state index in [-0.39, 0.29) is 0 Å². The Labute approximate surface area is 93.4 Å². The third-order valence-corrected chi connectivity index (χ3v) is 2.12. The molecule has 2 rings (SSSR count). The predicted octanol–water partition coefficient (Wildman–Crippen LogP) is 2.72. The largest absolute Gasteiger partial charge is 0.422 e. The van der Waals surface area contributed by atoms with Crippen molar-refractivity contribution in [3.05, 3.63) is 48.7 Å². The lowest BCUT2D eigenvalue weighted by Gasteiger charge is -2.04. The molecule has 0 fully saturated rings. The smallest absolute Gasteiger partial charge is 0.338 e. The first-order valence-electron chi connectivity index (χ1n) is 4.89. The van der Waals surface area contributed by atoms with Crippen LogP contribution in [0.5, 0.6) is 5.75 Å². The van der Waals surface area contributed by atoms with E-state index in [1.165, 1.54) is 6.20 Å². The van der Waals surface area contributed by atoms with E-state index < -0.39 is 5.97 Å². The minimum absolute atomic E-state index is 0.369. The number of rotatable bonds is 2. The zero-order chi connectivity index (χ0) is 11.5. The number of ether oxygens (including phenoxy) is 1. The van der Waals surface area contributed by atoms with Crippen LogP contribution in [-0.2, 0) is 4.79 Å². The van der Waals surface area contributed by atoms with Crippen molar-refractivity contribution in [1.29, 1.82) is 0 Å². The first kappa shape index (κ1) is 10.4. The molecule has 0 aliphatic rings. The normalized spacial score (nSPS) is 10.1. The monoisotopic (exact) mass is 213 g/mol. The maximum atomic E-state index is 11.3. The molecule has 0 bridgehead atoms. The van der Waals surface area contributed by atoms with Crippen molar-refractivity contribution >= 4 is 16.9 Å². The van der Waals surface area contributed by atoms with Gasteiger partial charge in [0.05, 0.1) is 11.7 Å². The number of pyridine rings is 1. The molecule has 0 aliphatic carbocycles. The molecule has 0 spiro atoms. The van der Waals surface area contributed by atoms with Crippen molar-refractivity contribution < 1.29 is 9.53 Å². The molecule has 0 radical (unpaired) electrons. The summed E-state index contributed by atoms with van der Waals surface area (Å²) in [5, 5.41) is 0.939. The lowest BCUT2D eigenvalue weighted by atomic mass is 10.2. The number of fused-ring (bicyclic) bond motifs is 1. The molecule has 0 atom stereocenters. The van der Waals surface area contributed by atoms with Crippen LogP contribution in [0.3, 0.4) is 0 Å². The first-order chi connectivity index (χ1) is 7.66. The van der Waals surface area contributed by atoms with Gasteiger partial charge in [-0.25, -0.2) is 4.79 Å². The van der Waals surface area contributed by atoms with E-state index >= 15 is 0 Å². The standard InChI is InChI=1S/C13H11NO2/c1-9(2)13(15)16-11-7-10-5-3-4-6-12(10)14-8-11/h3-8H,1H2,2H3. The van der Waals surface area contributed by atoms with Crippen LogP contribution in [0.1, 0.15) is 6.92 Å². The summed E-state index contributed by atoms with van der Waals surface area (Å²) in [5.74, 6) is 0.00350. The summed E-state index contributed by atoms with van der Waals surface area (Å²) in [6, 6.07) is 9.42. The summed E-state index contributed by atoms with van der Waals surface area (Å²) in [6.07, 6.45) is 1.53. The van der Waals surface area contributed by atoms with Gasteiger partial charge in [0.15, 0.2) is 0 Å². The van der Waals surface area contributed by atoms with Gasteiger partial charge in [0.2, 0.25) is 0 Å². The Bertz CT molecular complexity index is 561. The molecule has 0 amide bonds. The maximum Gasteiger partial charge on any atom is 0.338 e. The summed E-state index contributed by atoms with van der Waals surface area (Å²) in [6.45, 7) is 5.13. The summed E-state index contributed by atoms with van der Waals surface area (Å²) in [5.41, 5.74) is 1.24. The highest BCUT2D eigenvalue weighted by Gasteiger charge is 2.05. The number of hydrogen-bond donors (Lipinski definition) is 0. The lowest BCUT2D eigenvalue weighted by molar-refractivity contribution is -0.130. The fraction of sp³-hybridized carbons (Fsp3) is 0.0769. The van der Waals surface area contributed by atoms with Gasteiger partial charge in [-0.1, -0.05) is 24.8 Å². The molecule has 1 heterocycles. The molecular formula is C13H11NO2. The van der Waals surface area contributed by atoms with Crippen molar-refractivity contribution in [2.75, 3.05) is 0 Å². The first-order valence-corrected chi connectivity index (χ1v) is 4.89. The SMILES string of the molecule is C=C(C)C(=O)Oc1cnc2ccccc2c1. The van der Waals surface area contributed by atoms with Crippen LogP contribution in [0.25, 0.3) is 10.9 Å². The van der Waals surface area contributed by atoms with Crippen molar-refractivity contribution in [3.8, 4) is 5.75 Å². The van der Waals surface area contributed by atoms with Crippen molar-refractivity contribution in [3.63, 3.8) is 0 Å². The molecule has 3 heteroatoms. The third-order valence-electron chi connectivity index (χ3n) is 2.12. The molecule has 1 aromatic heterocycles. The Morgan fingerprint density at radius 2 is 2.12 bits per heavy atom. The van der Waals surface area contributed by atoms with Gasteiger partial charge in [0, 0.05) is 11.0 Å². The molecule has 0 unspecified atom stereocenters. The second-order valence-electron chi connectivity index (χ2n) is 3.53. The topological polar surface area (TPSA) is 39.2 Å². The Balaban J connectivity index is 2.33. The Morgan fingerprint density at radius 3 is 2.88 bits per heavy atom. The summed E-state index contributed by atoms with van der Waals surface area (Å²) in [7, 11) is 0.